The predicted octanol–water partition coefficient (Wildman–Crippen LogP) is 1.99. The number of anilines is 1. The Morgan fingerprint density at radius 1 is 1.17 bits per heavy atom. The molecule has 2 amide bonds. The molecule has 9 heteroatoms. The van der Waals surface area contributed by atoms with Gasteiger partial charge in [-0.3, -0.25) is 14.8 Å². The smallest absolute Gasteiger partial charge is 0.266 e. The Bertz CT molecular complexity index is 1190. The van der Waals surface area contributed by atoms with Crippen molar-refractivity contribution in [1.82, 2.24) is 14.9 Å². The van der Waals surface area contributed by atoms with E-state index in [4.69, 9.17) is 5.21 Å². The highest BCUT2D eigenvalue weighted by Gasteiger charge is 2.43. The van der Waals surface area contributed by atoms with Crippen molar-refractivity contribution in [3.63, 3.8) is 0 Å². The van der Waals surface area contributed by atoms with Crippen molar-refractivity contribution in [2.45, 2.75) is 19.0 Å². The number of nitrogens with zero attached hydrogens (tertiary/aromatic N) is 4. The predicted molar refractivity (Wildman–Crippen MR) is 110 cm³/mol. The third-order valence-corrected chi connectivity index (χ3v) is 5.59. The third-order valence-electron chi connectivity index (χ3n) is 5.59. The summed E-state index contributed by atoms with van der Waals surface area (Å²) in [6, 6.07) is 13.4. The van der Waals surface area contributed by atoms with Crippen molar-refractivity contribution >= 4 is 34.6 Å². The Hall–Kier alpha value is -3.69. The molecule has 1 fully saturated rings. The summed E-state index contributed by atoms with van der Waals surface area (Å²) in [6.07, 6.45) is 1.83. The highest BCUT2D eigenvalue weighted by atomic mass is 16.8. The normalized spacial score (nSPS) is 18.8. The standard InChI is InChI=1S/C21H18N5O4/c27-20-12-25(22-10-13-4-3-5-14(8-13)26(29)30)21(28)19-9-16-15-6-1-2-7-17(15)23-18(16)11-24(19)20/h1-8,10,19,23,29H,9,11-12H2/q-1/b22-10+/t19-/m1/s1. The zero-order valence-electron chi connectivity index (χ0n) is 15.9. The van der Waals surface area contributed by atoms with E-state index in [2.05, 4.69) is 10.1 Å². The first-order valence-corrected chi connectivity index (χ1v) is 9.51. The summed E-state index contributed by atoms with van der Waals surface area (Å²) in [7, 11) is 0. The summed E-state index contributed by atoms with van der Waals surface area (Å²) in [5, 5.41) is 26.2. The summed E-state index contributed by atoms with van der Waals surface area (Å²) in [4.78, 5) is 30.8. The van der Waals surface area contributed by atoms with Crippen LogP contribution < -0.4 is 5.23 Å². The van der Waals surface area contributed by atoms with Crippen LogP contribution in [0.5, 0.6) is 0 Å². The average molecular weight is 404 g/mol. The van der Waals surface area contributed by atoms with Crippen LogP contribution in [0.15, 0.2) is 53.6 Å². The van der Waals surface area contributed by atoms with Crippen LogP contribution in [0, 0.1) is 5.21 Å². The summed E-state index contributed by atoms with van der Waals surface area (Å²) in [6.45, 7) is 0.226. The van der Waals surface area contributed by atoms with Crippen LogP contribution in [0.2, 0.25) is 0 Å². The summed E-state index contributed by atoms with van der Waals surface area (Å²) < 4.78 is 0. The maximum absolute atomic E-state index is 13.1. The monoisotopic (exact) mass is 404 g/mol. The number of H-pyrrole nitrogens is 1. The molecule has 0 bridgehead atoms. The van der Waals surface area contributed by atoms with Crippen molar-refractivity contribution < 1.29 is 14.8 Å². The fourth-order valence-electron chi connectivity index (χ4n) is 4.12. The number of piperazine rings is 1. The minimum Gasteiger partial charge on any atom is -0.733 e. The molecule has 1 saturated heterocycles. The van der Waals surface area contributed by atoms with Crippen molar-refractivity contribution in [1.29, 1.82) is 0 Å². The Balaban J connectivity index is 1.42. The number of rotatable bonds is 3. The second-order valence-corrected chi connectivity index (χ2v) is 7.38. The van der Waals surface area contributed by atoms with Gasteiger partial charge in [0.15, 0.2) is 0 Å². The number of hydrazone groups is 1. The molecule has 3 heterocycles. The second-order valence-electron chi connectivity index (χ2n) is 7.38. The Morgan fingerprint density at radius 3 is 2.83 bits per heavy atom. The van der Waals surface area contributed by atoms with E-state index in [0.29, 0.717) is 18.5 Å². The van der Waals surface area contributed by atoms with Crippen LogP contribution >= 0.6 is 0 Å². The molecule has 1 aromatic heterocycles. The first kappa shape index (κ1) is 18.3. The maximum Gasteiger partial charge on any atom is 0.266 e. The highest BCUT2D eigenvalue weighted by molar-refractivity contribution is 5.97. The molecule has 0 aliphatic carbocycles. The van der Waals surface area contributed by atoms with Crippen molar-refractivity contribution in [2.24, 2.45) is 5.10 Å². The molecule has 0 spiro atoms. The van der Waals surface area contributed by atoms with E-state index in [1.807, 2.05) is 24.3 Å². The zero-order chi connectivity index (χ0) is 20.8. The summed E-state index contributed by atoms with van der Waals surface area (Å²) in [5.41, 5.74) is 3.59. The molecule has 0 radical (unpaired) electrons. The number of aromatic amines is 1. The van der Waals surface area contributed by atoms with Gasteiger partial charge in [0.05, 0.1) is 18.4 Å². The van der Waals surface area contributed by atoms with E-state index < -0.39 is 6.04 Å². The number of aromatic nitrogens is 1. The van der Waals surface area contributed by atoms with E-state index in [0.717, 1.165) is 22.2 Å². The quantitative estimate of drug-likeness (QED) is 0.512. The van der Waals surface area contributed by atoms with Crippen molar-refractivity contribution in [3.8, 4) is 0 Å². The third kappa shape index (κ3) is 3.00. The summed E-state index contributed by atoms with van der Waals surface area (Å²) in [5.74, 6) is -0.415. The van der Waals surface area contributed by atoms with E-state index in [1.54, 1.807) is 17.0 Å². The number of hydrogen-bond donors (Lipinski definition) is 2. The van der Waals surface area contributed by atoms with E-state index in [-0.39, 0.29) is 29.3 Å². The number of nitrogens with one attached hydrogen (secondary N) is 1. The zero-order valence-corrected chi connectivity index (χ0v) is 15.9. The van der Waals surface area contributed by atoms with Crippen LogP contribution in [0.25, 0.3) is 10.9 Å². The lowest BCUT2D eigenvalue weighted by Crippen LogP contribution is -2.60. The molecule has 0 unspecified atom stereocenters. The first-order chi connectivity index (χ1) is 14.5. The molecule has 5 rings (SSSR count). The van der Waals surface area contributed by atoms with Gasteiger partial charge in [-0.25, -0.2) is 5.01 Å². The molecule has 2 aromatic carbocycles. The first-order valence-electron chi connectivity index (χ1n) is 9.51. The lowest BCUT2D eigenvalue weighted by molar-refractivity contribution is -0.157. The molecule has 2 aliphatic heterocycles. The molecule has 30 heavy (non-hydrogen) atoms. The van der Waals surface area contributed by atoms with Gasteiger partial charge in [0.1, 0.15) is 12.6 Å². The lowest BCUT2D eigenvalue weighted by Gasteiger charge is -2.40. The van der Waals surface area contributed by atoms with Gasteiger partial charge in [-0.05, 0) is 29.3 Å². The number of amides is 2. The summed E-state index contributed by atoms with van der Waals surface area (Å²) >= 11 is 0. The Labute approximate surface area is 171 Å². The molecular formula is C21H18N5O4-. The number of hydrogen-bond acceptors (Lipinski definition) is 6. The molecule has 3 aromatic rings. The van der Waals surface area contributed by atoms with Gasteiger partial charge in [-0.15, -0.1) is 0 Å². The number of benzene rings is 2. The van der Waals surface area contributed by atoms with Gasteiger partial charge >= 0.3 is 0 Å². The number of carbonyl (C=O) groups is 2. The largest absolute Gasteiger partial charge is 0.733 e. The Kier molecular flexibility index (Phi) is 4.27. The van der Waals surface area contributed by atoms with Crippen LogP contribution in [-0.2, 0) is 22.6 Å². The molecule has 0 saturated carbocycles. The van der Waals surface area contributed by atoms with Crippen LogP contribution in [0.1, 0.15) is 16.8 Å². The fraction of sp³-hybridized carbons (Fsp3) is 0.190. The van der Waals surface area contributed by atoms with Crippen molar-refractivity contribution in [3.05, 3.63) is 70.6 Å². The number of fused-ring (bicyclic) bond motifs is 4. The fourth-order valence-corrected chi connectivity index (χ4v) is 4.12. The van der Waals surface area contributed by atoms with E-state index in [1.165, 1.54) is 23.4 Å². The topological polar surface area (TPSA) is 115 Å². The average Bonchev–Trinajstić information content (AvgIpc) is 3.12. The van der Waals surface area contributed by atoms with E-state index >= 15 is 0 Å². The molecular weight excluding hydrogens is 386 g/mol. The minimum atomic E-state index is -0.601. The van der Waals surface area contributed by atoms with Crippen LogP contribution in [0.4, 0.5) is 5.69 Å². The van der Waals surface area contributed by atoms with Gasteiger partial charge in [0, 0.05) is 23.0 Å². The van der Waals surface area contributed by atoms with Gasteiger partial charge in [0.2, 0.25) is 5.91 Å². The van der Waals surface area contributed by atoms with Gasteiger partial charge in [0.25, 0.3) is 5.91 Å². The molecule has 2 aliphatic rings. The SMILES string of the molecule is O=C1[C@H]2Cc3c([nH]c4ccccc34)CN2C(=O)CN1/N=C/c1cccc(N([O-])O)c1. The molecule has 2 N–H and O–H groups in total. The minimum absolute atomic E-state index is 0.0466. The van der Waals surface area contributed by atoms with Crippen LogP contribution in [0.3, 0.4) is 0 Å². The lowest BCUT2D eigenvalue weighted by atomic mass is 9.94. The maximum atomic E-state index is 13.1. The molecule has 1 atom stereocenters. The molecule has 9 nitrogen and oxygen atoms in total. The number of carbonyl (C=O) groups excluding carboxylic acids is 2. The molecule has 152 valence electrons. The van der Waals surface area contributed by atoms with Crippen molar-refractivity contribution in [2.75, 3.05) is 11.8 Å². The van der Waals surface area contributed by atoms with Gasteiger partial charge < -0.3 is 20.3 Å². The van der Waals surface area contributed by atoms with E-state index in [9.17, 15) is 14.8 Å². The highest BCUT2D eigenvalue weighted by Crippen LogP contribution is 2.32. The van der Waals surface area contributed by atoms with Crippen LogP contribution in [-0.4, -0.2) is 50.7 Å². The van der Waals surface area contributed by atoms with Gasteiger partial charge in [-0.2, -0.15) is 5.10 Å². The number of para-hydroxylation sites is 1. The second kappa shape index (κ2) is 6.97. The van der Waals surface area contributed by atoms with Gasteiger partial charge in [-0.1, -0.05) is 30.3 Å². The Morgan fingerprint density at radius 2 is 2.00 bits per heavy atom.